The maximum Gasteiger partial charge on any atom is 0.240 e. The summed E-state index contributed by atoms with van der Waals surface area (Å²) in [5.74, 6) is 1.70. The highest BCUT2D eigenvalue weighted by atomic mass is 15.3. The van der Waals surface area contributed by atoms with Crippen molar-refractivity contribution in [1.82, 2.24) is 24.1 Å². The van der Waals surface area contributed by atoms with Gasteiger partial charge in [-0.15, -0.1) is 0 Å². The minimum absolute atomic E-state index is 0.554. The van der Waals surface area contributed by atoms with Gasteiger partial charge in [0.15, 0.2) is 5.82 Å². The van der Waals surface area contributed by atoms with Gasteiger partial charge in [0.1, 0.15) is 0 Å². The molecule has 0 bridgehead atoms. The van der Waals surface area contributed by atoms with Crippen molar-refractivity contribution >= 4 is 43.6 Å². The first kappa shape index (κ1) is 35.5. The fraction of sp³-hybridized carbons (Fsp3) is 0. The van der Waals surface area contributed by atoms with Crippen LogP contribution in [0.25, 0.3) is 111 Å². The van der Waals surface area contributed by atoms with E-state index in [9.17, 15) is 0 Å². The van der Waals surface area contributed by atoms with Gasteiger partial charge in [-0.2, -0.15) is 15.0 Å². The summed E-state index contributed by atoms with van der Waals surface area (Å²) in [5.41, 5.74) is 14.3. The number of nitrogens with zero attached hydrogens (tertiary/aromatic N) is 5. The van der Waals surface area contributed by atoms with E-state index in [4.69, 9.17) is 15.0 Å². The monoisotopic (exact) mass is 791 g/mol. The highest BCUT2D eigenvalue weighted by Gasteiger charge is 2.21. The number of aromatic nitrogens is 5. The van der Waals surface area contributed by atoms with Gasteiger partial charge in [0.2, 0.25) is 11.9 Å². The highest BCUT2D eigenvalue weighted by molar-refractivity contribution is 6.10. The Morgan fingerprint density at radius 2 is 0.565 bits per heavy atom. The maximum atomic E-state index is 5.38. The summed E-state index contributed by atoms with van der Waals surface area (Å²) in [6.45, 7) is 0. The van der Waals surface area contributed by atoms with Crippen LogP contribution in [0.2, 0.25) is 0 Å². The lowest BCUT2D eigenvalue weighted by molar-refractivity contribution is 0.893. The molecule has 9 aromatic carbocycles. The van der Waals surface area contributed by atoms with E-state index in [2.05, 4.69) is 234 Å². The van der Waals surface area contributed by atoms with Crippen LogP contribution in [0.3, 0.4) is 0 Å². The lowest BCUT2D eigenvalue weighted by Gasteiger charge is -2.13. The van der Waals surface area contributed by atoms with Crippen LogP contribution in [0.4, 0.5) is 0 Å². The molecule has 62 heavy (non-hydrogen) atoms. The number of hydrogen-bond acceptors (Lipinski definition) is 3. The third-order valence-corrected chi connectivity index (χ3v) is 12.0. The average Bonchev–Trinajstić information content (AvgIpc) is 3.87. The Hall–Kier alpha value is -8.41. The molecule has 0 saturated carbocycles. The number of fused-ring (bicyclic) bond motifs is 6. The van der Waals surface area contributed by atoms with Crippen LogP contribution in [0.1, 0.15) is 0 Å². The van der Waals surface area contributed by atoms with E-state index in [0.29, 0.717) is 17.7 Å². The van der Waals surface area contributed by atoms with Gasteiger partial charge in [-0.05, 0) is 80.9 Å². The molecule has 0 aliphatic rings. The Labute approximate surface area is 358 Å². The maximum absolute atomic E-state index is 5.38. The molecule has 0 amide bonds. The van der Waals surface area contributed by atoms with Gasteiger partial charge < -0.3 is 0 Å². The van der Waals surface area contributed by atoms with E-state index in [1.807, 2.05) is 0 Å². The molecular formula is C57H37N5. The summed E-state index contributed by atoms with van der Waals surface area (Å²) in [5, 5.41) is 4.57. The van der Waals surface area contributed by atoms with Gasteiger partial charge in [-0.1, -0.05) is 188 Å². The summed E-state index contributed by atoms with van der Waals surface area (Å²) < 4.78 is 4.38. The molecule has 0 saturated heterocycles. The van der Waals surface area contributed by atoms with Crippen molar-refractivity contribution in [1.29, 1.82) is 0 Å². The van der Waals surface area contributed by atoms with Crippen molar-refractivity contribution in [3.05, 3.63) is 224 Å². The molecule has 0 unspecified atom stereocenters. The molecule has 3 heterocycles. The zero-order chi connectivity index (χ0) is 41.0. The van der Waals surface area contributed by atoms with Crippen molar-refractivity contribution in [2.24, 2.45) is 0 Å². The summed E-state index contributed by atoms with van der Waals surface area (Å²) in [7, 11) is 0. The number of hydrogen-bond donors (Lipinski definition) is 0. The Morgan fingerprint density at radius 1 is 0.226 bits per heavy atom. The van der Waals surface area contributed by atoms with Crippen molar-refractivity contribution in [3.8, 4) is 67.8 Å². The molecule has 0 spiro atoms. The molecule has 5 heteroatoms. The second-order valence-corrected chi connectivity index (χ2v) is 15.7. The van der Waals surface area contributed by atoms with Crippen molar-refractivity contribution in [2.75, 3.05) is 0 Å². The van der Waals surface area contributed by atoms with Crippen LogP contribution in [-0.2, 0) is 0 Å². The van der Waals surface area contributed by atoms with Crippen molar-refractivity contribution < 1.29 is 0 Å². The third kappa shape index (κ3) is 6.06. The van der Waals surface area contributed by atoms with E-state index in [0.717, 1.165) is 71.4 Å². The fourth-order valence-electron chi connectivity index (χ4n) is 9.02. The van der Waals surface area contributed by atoms with Gasteiger partial charge in [0.25, 0.3) is 0 Å². The normalized spacial score (nSPS) is 11.5. The molecule has 0 aliphatic heterocycles. The smallest absolute Gasteiger partial charge is 0.240 e. The first-order valence-corrected chi connectivity index (χ1v) is 20.9. The van der Waals surface area contributed by atoms with E-state index in [1.165, 1.54) is 22.3 Å². The largest absolute Gasteiger partial charge is 0.278 e. The molecule has 0 radical (unpaired) electrons. The minimum Gasteiger partial charge on any atom is -0.278 e. The van der Waals surface area contributed by atoms with Crippen LogP contribution in [0.5, 0.6) is 0 Å². The van der Waals surface area contributed by atoms with Gasteiger partial charge in [0.05, 0.1) is 22.1 Å². The number of rotatable bonds is 7. The molecule has 0 atom stereocenters. The zero-order valence-electron chi connectivity index (χ0n) is 33.6. The molecule has 12 aromatic rings. The summed E-state index contributed by atoms with van der Waals surface area (Å²) in [4.78, 5) is 16.0. The van der Waals surface area contributed by atoms with Gasteiger partial charge in [-0.3, -0.25) is 9.13 Å². The van der Waals surface area contributed by atoms with Crippen LogP contribution >= 0.6 is 0 Å². The SMILES string of the molecule is c1ccc(-c2cccc(-c3cccc(-c4ccc(-c5nc(-n6c7ccccc7c7ccccc76)nc(-n6c7ccccc7c7ccc(-c8ccccc8)cc76)n5)cc4)c3)c2)cc1. The van der Waals surface area contributed by atoms with Crippen LogP contribution in [-0.4, -0.2) is 24.1 Å². The molecule has 5 nitrogen and oxygen atoms in total. The van der Waals surface area contributed by atoms with E-state index < -0.39 is 0 Å². The molecular weight excluding hydrogens is 755 g/mol. The van der Waals surface area contributed by atoms with Crippen LogP contribution in [0, 0.1) is 0 Å². The van der Waals surface area contributed by atoms with Gasteiger partial charge in [0, 0.05) is 27.1 Å². The molecule has 3 aromatic heterocycles. The first-order chi connectivity index (χ1) is 30.7. The van der Waals surface area contributed by atoms with Crippen molar-refractivity contribution in [3.63, 3.8) is 0 Å². The van der Waals surface area contributed by atoms with E-state index in [-0.39, 0.29) is 0 Å². The molecule has 0 fully saturated rings. The Balaban J connectivity index is 1.02. The van der Waals surface area contributed by atoms with E-state index in [1.54, 1.807) is 0 Å². The second-order valence-electron chi connectivity index (χ2n) is 15.7. The molecule has 12 rings (SSSR count). The Bertz CT molecular complexity index is 3570. The van der Waals surface area contributed by atoms with Crippen LogP contribution in [0.15, 0.2) is 224 Å². The Morgan fingerprint density at radius 3 is 1.06 bits per heavy atom. The van der Waals surface area contributed by atoms with Crippen LogP contribution < -0.4 is 0 Å². The first-order valence-electron chi connectivity index (χ1n) is 20.9. The lowest BCUT2D eigenvalue weighted by Crippen LogP contribution is -2.10. The van der Waals surface area contributed by atoms with Crippen molar-refractivity contribution in [2.45, 2.75) is 0 Å². The second kappa shape index (κ2) is 14.7. The standard InChI is InChI=1S/C57H37N5/c1-3-15-38(16-4-1)42-19-13-21-44(35-42)45-22-14-20-43(36-45)40-29-31-41(32-30-40)55-58-56(61-51-26-10-7-23-47(51)48-24-8-11-27-52(48)61)60-57(59-55)62-53-28-12-9-25-49(53)50-34-33-46(37-54(50)62)39-17-5-2-6-18-39/h1-37H. The average molecular weight is 792 g/mol. The predicted molar refractivity (Wildman–Crippen MR) is 256 cm³/mol. The van der Waals surface area contributed by atoms with Gasteiger partial charge >= 0.3 is 0 Å². The number of benzene rings is 9. The Kier molecular flexibility index (Phi) is 8.42. The zero-order valence-corrected chi connectivity index (χ0v) is 33.6. The molecule has 0 N–H and O–H groups in total. The summed E-state index contributed by atoms with van der Waals surface area (Å²) in [6.07, 6.45) is 0. The summed E-state index contributed by atoms with van der Waals surface area (Å²) >= 11 is 0. The summed E-state index contributed by atoms with van der Waals surface area (Å²) in [6, 6.07) is 79.3. The quantitative estimate of drug-likeness (QED) is 0.162. The third-order valence-electron chi connectivity index (χ3n) is 12.0. The topological polar surface area (TPSA) is 48.5 Å². The minimum atomic E-state index is 0.554. The molecule has 0 aliphatic carbocycles. The predicted octanol–water partition coefficient (Wildman–Crippen LogP) is 14.4. The van der Waals surface area contributed by atoms with Gasteiger partial charge in [-0.25, -0.2) is 0 Å². The fourth-order valence-corrected chi connectivity index (χ4v) is 9.02. The highest BCUT2D eigenvalue weighted by Crippen LogP contribution is 2.37. The molecule has 290 valence electrons. The lowest BCUT2D eigenvalue weighted by atomic mass is 9.96. The number of para-hydroxylation sites is 3. The van der Waals surface area contributed by atoms with E-state index >= 15 is 0 Å².